The first kappa shape index (κ1) is 18.8. The number of rotatable bonds is 3. The molecule has 1 fully saturated rings. The highest BCUT2D eigenvalue weighted by atomic mass is 79.9. The molecule has 28 heavy (non-hydrogen) atoms. The normalized spacial score (nSPS) is 17.4. The third-order valence-electron chi connectivity index (χ3n) is 4.85. The molecule has 0 spiro atoms. The number of halogens is 1. The van der Waals surface area contributed by atoms with Gasteiger partial charge in [0.2, 0.25) is 5.95 Å². The molecular formula is C20H20BrN5O2. The molecule has 3 heterocycles. The molecule has 7 nitrogen and oxygen atoms in total. The lowest BCUT2D eigenvalue weighted by molar-refractivity contribution is 0.142. The third-order valence-corrected chi connectivity index (χ3v) is 5.37. The lowest BCUT2D eigenvalue weighted by Crippen LogP contribution is -2.35. The molecule has 1 aliphatic heterocycles. The molecule has 1 saturated heterocycles. The Morgan fingerprint density at radius 3 is 2.75 bits per heavy atom. The number of aromatic nitrogens is 4. The van der Waals surface area contributed by atoms with Crippen molar-refractivity contribution in [1.29, 1.82) is 0 Å². The van der Waals surface area contributed by atoms with Crippen LogP contribution in [-0.2, 0) is 11.8 Å². The van der Waals surface area contributed by atoms with E-state index in [-0.39, 0.29) is 11.5 Å². The topological polar surface area (TPSA) is 73.1 Å². The van der Waals surface area contributed by atoms with Crippen molar-refractivity contribution in [3.8, 4) is 11.4 Å². The Hall–Kier alpha value is -2.58. The lowest BCUT2D eigenvalue weighted by atomic mass is 10.00. The number of benzene rings is 1. The molecule has 1 unspecified atom stereocenters. The average molecular weight is 442 g/mol. The highest BCUT2D eigenvalue weighted by Crippen LogP contribution is 2.25. The molecule has 1 aromatic carbocycles. The second-order valence-electron chi connectivity index (χ2n) is 6.70. The summed E-state index contributed by atoms with van der Waals surface area (Å²) in [5.41, 5.74) is 2.26. The largest absolute Gasteiger partial charge is 0.379 e. The van der Waals surface area contributed by atoms with E-state index in [2.05, 4.69) is 42.9 Å². The van der Waals surface area contributed by atoms with Crippen LogP contribution in [0.4, 0.5) is 5.95 Å². The maximum atomic E-state index is 12.6. The van der Waals surface area contributed by atoms with Crippen LogP contribution in [0.5, 0.6) is 0 Å². The van der Waals surface area contributed by atoms with Crippen molar-refractivity contribution in [3.05, 3.63) is 69.3 Å². The summed E-state index contributed by atoms with van der Waals surface area (Å²) < 4.78 is 8.46. The van der Waals surface area contributed by atoms with Crippen LogP contribution in [0.1, 0.15) is 11.5 Å². The maximum absolute atomic E-state index is 12.6. The van der Waals surface area contributed by atoms with Crippen LogP contribution in [0.15, 0.2) is 58.2 Å². The van der Waals surface area contributed by atoms with E-state index in [1.807, 2.05) is 12.1 Å². The minimum Gasteiger partial charge on any atom is -0.379 e. The molecule has 1 aliphatic rings. The fraction of sp³-hybridized carbons (Fsp3) is 0.300. The smallest absolute Gasteiger partial charge is 0.255 e. The predicted octanol–water partition coefficient (Wildman–Crippen LogP) is 2.62. The van der Waals surface area contributed by atoms with Gasteiger partial charge in [-0.1, -0.05) is 28.1 Å². The number of nitrogens with zero attached hydrogens (tertiary/aromatic N) is 5. The molecule has 0 N–H and O–H groups in total. The fourth-order valence-electron chi connectivity index (χ4n) is 3.31. The minimum absolute atomic E-state index is 0.121. The molecule has 2 aromatic heterocycles. The molecule has 0 amide bonds. The Kier molecular flexibility index (Phi) is 5.50. The SMILES string of the molecule is Cn1c(N2CCOCC(c3ccc(Br)cc3)C2)nc(-c2ccncn2)cc1=O. The summed E-state index contributed by atoms with van der Waals surface area (Å²) in [6.07, 6.45) is 3.10. The first-order valence-corrected chi connectivity index (χ1v) is 9.84. The number of hydrogen-bond donors (Lipinski definition) is 0. The van der Waals surface area contributed by atoms with Crippen molar-refractivity contribution in [3.63, 3.8) is 0 Å². The molecule has 4 rings (SSSR count). The quantitative estimate of drug-likeness (QED) is 0.621. The third kappa shape index (κ3) is 3.98. The van der Waals surface area contributed by atoms with Crippen molar-refractivity contribution in [2.24, 2.45) is 7.05 Å². The Morgan fingerprint density at radius 2 is 2.00 bits per heavy atom. The Bertz CT molecular complexity index is 1010. The van der Waals surface area contributed by atoms with E-state index in [0.29, 0.717) is 37.1 Å². The summed E-state index contributed by atoms with van der Waals surface area (Å²) in [6, 6.07) is 11.5. The molecule has 144 valence electrons. The highest BCUT2D eigenvalue weighted by Gasteiger charge is 2.23. The van der Waals surface area contributed by atoms with E-state index in [9.17, 15) is 4.79 Å². The summed E-state index contributed by atoms with van der Waals surface area (Å²) in [7, 11) is 1.74. The molecule has 1 atom stereocenters. The van der Waals surface area contributed by atoms with Gasteiger partial charge in [0.15, 0.2) is 0 Å². The zero-order valence-corrected chi connectivity index (χ0v) is 17.0. The summed E-state index contributed by atoms with van der Waals surface area (Å²) in [5, 5.41) is 0. The highest BCUT2D eigenvalue weighted by molar-refractivity contribution is 9.10. The summed E-state index contributed by atoms with van der Waals surface area (Å²) in [4.78, 5) is 27.6. The van der Waals surface area contributed by atoms with Gasteiger partial charge in [-0.25, -0.2) is 15.0 Å². The number of hydrogen-bond acceptors (Lipinski definition) is 6. The van der Waals surface area contributed by atoms with Crippen molar-refractivity contribution in [2.45, 2.75) is 5.92 Å². The second-order valence-corrected chi connectivity index (χ2v) is 7.62. The lowest BCUT2D eigenvalue weighted by Gasteiger charge is -2.26. The molecule has 0 aliphatic carbocycles. The maximum Gasteiger partial charge on any atom is 0.255 e. The summed E-state index contributed by atoms with van der Waals surface area (Å²) in [6.45, 7) is 2.61. The first-order chi connectivity index (χ1) is 13.6. The van der Waals surface area contributed by atoms with E-state index < -0.39 is 0 Å². The van der Waals surface area contributed by atoms with Crippen molar-refractivity contribution < 1.29 is 4.74 Å². The van der Waals surface area contributed by atoms with Crippen LogP contribution in [-0.4, -0.2) is 45.8 Å². The first-order valence-electron chi connectivity index (χ1n) is 9.04. The van der Waals surface area contributed by atoms with Gasteiger partial charge in [-0.2, -0.15) is 0 Å². The van der Waals surface area contributed by atoms with Crippen LogP contribution >= 0.6 is 15.9 Å². The summed E-state index contributed by atoms with van der Waals surface area (Å²) >= 11 is 3.48. The monoisotopic (exact) mass is 441 g/mol. The van der Waals surface area contributed by atoms with Crippen LogP contribution in [0, 0.1) is 0 Å². The minimum atomic E-state index is -0.121. The van der Waals surface area contributed by atoms with Gasteiger partial charge >= 0.3 is 0 Å². The fourth-order valence-corrected chi connectivity index (χ4v) is 3.58. The zero-order chi connectivity index (χ0) is 19.5. The van der Waals surface area contributed by atoms with Gasteiger partial charge in [0, 0.05) is 42.8 Å². The van der Waals surface area contributed by atoms with Crippen molar-refractivity contribution in [2.75, 3.05) is 31.2 Å². The number of anilines is 1. The van der Waals surface area contributed by atoms with Gasteiger partial charge < -0.3 is 9.64 Å². The number of ether oxygens (including phenoxy) is 1. The van der Waals surface area contributed by atoms with E-state index in [1.165, 1.54) is 18.0 Å². The van der Waals surface area contributed by atoms with Crippen LogP contribution in [0.3, 0.4) is 0 Å². The Morgan fingerprint density at radius 1 is 1.18 bits per heavy atom. The standard InChI is InChI=1S/C20H20BrN5O2/c1-25-19(27)10-18(17-6-7-22-13-23-17)24-20(25)26-8-9-28-12-15(11-26)14-2-4-16(21)5-3-14/h2-7,10,13,15H,8-9,11-12H2,1H3. The van der Waals surface area contributed by atoms with E-state index in [4.69, 9.17) is 9.72 Å². The molecule has 0 saturated carbocycles. The van der Waals surface area contributed by atoms with E-state index in [0.717, 1.165) is 11.0 Å². The second kappa shape index (κ2) is 8.20. The van der Waals surface area contributed by atoms with Crippen molar-refractivity contribution >= 4 is 21.9 Å². The Balaban J connectivity index is 1.69. The van der Waals surface area contributed by atoms with Crippen molar-refractivity contribution in [1.82, 2.24) is 19.5 Å². The zero-order valence-electron chi connectivity index (χ0n) is 15.5. The van der Waals surface area contributed by atoms with Gasteiger partial charge in [0.1, 0.15) is 6.33 Å². The van der Waals surface area contributed by atoms with Gasteiger partial charge in [-0.15, -0.1) is 0 Å². The molecule has 0 bridgehead atoms. The molecule has 8 heteroatoms. The summed E-state index contributed by atoms with van der Waals surface area (Å²) in [5.74, 6) is 0.809. The van der Waals surface area contributed by atoms with Gasteiger partial charge in [-0.3, -0.25) is 9.36 Å². The predicted molar refractivity (Wildman–Crippen MR) is 110 cm³/mol. The van der Waals surface area contributed by atoms with Gasteiger partial charge in [0.05, 0.1) is 24.6 Å². The van der Waals surface area contributed by atoms with Crippen LogP contribution in [0.2, 0.25) is 0 Å². The van der Waals surface area contributed by atoms with Gasteiger partial charge in [-0.05, 0) is 23.8 Å². The van der Waals surface area contributed by atoms with Crippen LogP contribution < -0.4 is 10.5 Å². The van der Waals surface area contributed by atoms with Gasteiger partial charge in [0.25, 0.3) is 5.56 Å². The molecule has 0 radical (unpaired) electrons. The van der Waals surface area contributed by atoms with Crippen LogP contribution in [0.25, 0.3) is 11.4 Å². The molecule has 3 aromatic rings. The van der Waals surface area contributed by atoms with E-state index in [1.54, 1.807) is 23.9 Å². The average Bonchev–Trinajstić information content (AvgIpc) is 2.97. The molecular weight excluding hydrogens is 422 g/mol. The Labute approximate surface area is 171 Å². The van der Waals surface area contributed by atoms with E-state index >= 15 is 0 Å².